The zero-order valence-corrected chi connectivity index (χ0v) is 13.7. The van der Waals surface area contributed by atoms with Gasteiger partial charge in [-0.3, -0.25) is 24.6 Å². The van der Waals surface area contributed by atoms with E-state index >= 15 is 0 Å². The zero-order valence-electron chi connectivity index (χ0n) is 13.7. The van der Waals surface area contributed by atoms with Gasteiger partial charge in [-0.25, -0.2) is 0 Å². The van der Waals surface area contributed by atoms with E-state index in [4.69, 9.17) is 0 Å². The number of aromatic nitrogens is 2. The number of hydrogen-bond donors (Lipinski definition) is 2. The topological polar surface area (TPSA) is 112 Å². The Morgan fingerprint density at radius 3 is 2.42 bits per heavy atom. The van der Waals surface area contributed by atoms with Gasteiger partial charge in [-0.2, -0.15) is 0 Å². The third-order valence-corrected chi connectivity index (χ3v) is 4.84. The SMILES string of the molecule is CC1CCCC(C)N1Cc1cc([N+](=O)[O-])cc2[nH]c(=O)c(=O)[nH]c12. The molecule has 128 valence electrons. The molecule has 2 heterocycles. The number of nitro groups is 1. The molecule has 0 saturated carbocycles. The lowest BCUT2D eigenvalue weighted by molar-refractivity contribution is -0.384. The lowest BCUT2D eigenvalue weighted by Crippen LogP contribution is -2.43. The van der Waals surface area contributed by atoms with Gasteiger partial charge < -0.3 is 9.97 Å². The van der Waals surface area contributed by atoms with Crippen molar-refractivity contribution in [2.45, 2.75) is 51.7 Å². The second-order valence-corrected chi connectivity index (χ2v) is 6.49. The molecule has 1 aliphatic heterocycles. The number of nitrogens with one attached hydrogen (secondary N) is 2. The summed E-state index contributed by atoms with van der Waals surface area (Å²) in [6.45, 7) is 4.77. The smallest absolute Gasteiger partial charge is 0.314 e. The van der Waals surface area contributed by atoms with Crippen LogP contribution in [0.4, 0.5) is 5.69 Å². The van der Waals surface area contributed by atoms with Gasteiger partial charge in [0.05, 0.1) is 16.0 Å². The lowest BCUT2D eigenvalue weighted by atomic mass is 9.96. The number of likely N-dealkylation sites (tertiary alicyclic amines) is 1. The summed E-state index contributed by atoms with van der Waals surface area (Å²) in [7, 11) is 0. The predicted octanol–water partition coefficient (Wildman–Crippen LogP) is 1.89. The first-order valence-corrected chi connectivity index (χ1v) is 8.06. The van der Waals surface area contributed by atoms with Gasteiger partial charge in [0.25, 0.3) is 5.69 Å². The molecule has 2 N–H and O–H groups in total. The van der Waals surface area contributed by atoms with Gasteiger partial charge in [0.1, 0.15) is 0 Å². The van der Waals surface area contributed by atoms with Crippen LogP contribution in [0.15, 0.2) is 21.7 Å². The Kier molecular flexibility index (Phi) is 4.23. The molecule has 8 heteroatoms. The first kappa shape index (κ1) is 16.4. The molecule has 0 radical (unpaired) electrons. The van der Waals surface area contributed by atoms with Crippen molar-refractivity contribution in [3.8, 4) is 0 Å². The van der Waals surface area contributed by atoms with E-state index in [0.717, 1.165) is 12.8 Å². The molecule has 2 aromatic rings. The molecule has 1 aromatic carbocycles. The highest BCUT2D eigenvalue weighted by Crippen LogP contribution is 2.28. The van der Waals surface area contributed by atoms with Crippen LogP contribution in [0.1, 0.15) is 38.7 Å². The van der Waals surface area contributed by atoms with E-state index in [-0.39, 0.29) is 11.2 Å². The summed E-state index contributed by atoms with van der Waals surface area (Å²) < 4.78 is 0. The Morgan fingerprint density at radius 2 is 1.79 bits per heavy atom. The minimum absolute atomic E-state index is 0.0995. The summed E-state index contributed by atoms with van der Waals surface area (Å²) in [5.41, 5.74) is -0.284. The Hall–Kier alpha value is -2.48. The van der Waals surface area contributed by atoms with Crippen molar-refractivity contribution < 1.29 is 4.92 Å². The highest BCUT2D eigenvalue weighted by Gasteiger charge is 2.26. The fraction of sp³-hybridized carbons (Fsp3) is 0.500. The first-order chi connectivity index (χ1) is 11.4. The molecule has 24 heavy (non-hydrogen) atoms. The number of aromatic amines is 2. The molecule has 1 aromatic heterocycles. The minimum Gasteiger partial charge on any atom is -0.316 e. The van der Waals surface area contributed by atoms with Gasteiger partial charge in [0.2, 0.25) is 0 Å². The van der Waals surface area contributed by atoms with Gasteiger partial charge in [-0.05, 0) is 32.3 Å². The van der Waals surface area contributed by atoms with Crippen LogP contribution in [0.5, 0.6) is 0 Å². The second kappa shape index (κ2) is 6.20. The molecule has 1 saturated heterocycles. The van der Waals surface area contributed by atoms with Crippen molar-refractivity contribution in [2.75, 3.05) is 0 Å². The molecule has 3 rings (SSSR count). The normalized spacial score (nSPS) is 21.9. The largest absolute Gasteiger partial charge is 0.316 e. The molecule has 1 fully saturated rings. The van der Waals surface area contributed by atoms with E-state index in [1.807, 2.05) is 0 Å². The molecular weight excluding hydrogens is 312 g/mol. The molecule has 0 amide bonds. The van der Waals surface area contributed by atoms with Gasteiger partial charge in [-0.1, -0.05) is 6.42 Å². The van der Waals surface area contributed by atoms with Crippen LogP contribution < -0.4 is 11.1 Å². The second-order valence-electron chi connectivity index (χ2n) is 6.49. The monoisotopic (exact) mass is 332 g/mol. The van der Waals surface area contributed by atoms with E-state index in [2.05, 4.69) is 28.7 Å². The molecule has 0 spiro atoms. The molecule has 0 aliphatic carbocycles. The van der Waals surface area contributed by atoms with Crippen LogP contribution in [0.2, 0.25) is 0 Å². The van der Waals surface area contributed by atoms with Crippen molar-refractivity contribution in [3.05, 3.63) is 48.5 Å². The third kappa shape index (κ3) is 2.96. The molecule has 1 aliphatic rings. The number of H-pyrrole nitrogens is 2. The van der Waals surface area contributed by atoms with Crippen molar-refractivity contribution in [2.24, 2.45) is 0 Å². The zero-order chi connectivity index (χ0) is 17.4. The maximum Gasteiger partial charge on any atom is 0.314 e. The van der Waals surface area contributed by atoms with Gasteiger partial charge >= 0.3 is 11.1 Å². The van der Waals surface area contributed by atoms with E-state index < -0.39 is 16.0 Å². The average molecular weight is 332 g/mol. The first-order valence-electron chi connectivity index (χ1n) is 8.06. The molecule has 8 nitrogen and oxygen atoms in total. The van der Waals surface area contributed by atoms with Gasteiger partial charge in [0, 0.05) is 30.8 Å². The Morgan fingerprint density at radius 1 is 1.17 bits per heavy atom. The van der Waals surface area contributed by atoms with Crippen LogP contribution in [-0.4, -0.2) is 31.9 Å². The summed E-state index contributed by atoms with van der Waals surface area (Å²) in [6, 6.07) is 3.47. The van der Waals surface area contributed by atoms with Crippen molar-refractivity contribution in [1.82, 2.24) is 14.9 Å². The highest BCUT2D eigenvalue weighted by molar-refractivity contribution is 5.80. The van der Waals surface area contributed by atoms with E-state index in [1.165, 1.54) is 18.6 Å². The van der Waals surface area contributed by atoms with Crippen molar-refractivity contribution in [1.29, 1.82) is 0 Å². The quantitative estimate of drug-likeness (QED) is 0.506. The number of piperidine rings is 1. The van der Waals surface area contributed by atoms with Crippen molar-refractivity contribution >= 4 is 16.7 Å². The number of non-ortho nitro benzene ring substituents is 1. The number of benzene rings is 1. The van der Waals surface area contributed by atoms with Gasteiger partial charge in [-0.15, -0.1) is 0 Å². The average Bonchev–Trinajstić information content (AvgIpc) is 2.52. The standard InChI is InChI=1S/C16H20N4O4/c1-9-4-3-5-10(2)19(9)8-11-6-12(20(23)24)7-13-14(11)18-16(22)15(21)17-13/h6-7,9-10H,3-5,8H2,1-2H3,(H,17,21)(H,18,22). The molecule has 0 bridgehead atoms. The Balaban J connectivity index is 2.14. The fourth-order valence-electron chi connectivity index (χ4n) is 3.49. The summed E-state index contributed by atoms with van der Waals surface area (Å²) in [6.07, 6.45) is 3.31. The van der Waals surface area contributed by atoms with E-state index in [1.54, 1.807) is 0 Å². The number of nitro benzene ring substituents is 1. The van der Waals surface area contributed by atoms with Crippen LogP contribution in [-0.2, 0) is 6.54 Å². The molecule has 2 unspecified atom stereocenters. The summed E-state index contributed by atoms with van der Waals surface area (Å²) >= 11 is 0. The third-order valence-electron chi connectivity index (χ3n) is 4.84. The Labute approximate surface area is 137 Å². The van der Waals surface area contributed by atoms with Crippen LogP contribution >= 0.6 is 0 Å². The minimum atomic E-state index is -0.811. The van der Waals surface area contributed by atoms with Crippen LogP contribution in [0.3, 0.4) is 0 Å². The molecule has 2 atom stereocenters. The summed E-state index contributed by atoms with van der Waals surface area (Å²) in [4.78, 5) is 41.2. The summed E-state index contributed by atoms with van der Waals surface area (Å²) in [5, 5.41) is 11.2. The number of rotatable bonds is 3. The predicted molar refractivity (Wildman–Crippen MR) is 90.2 cm³/mol. The maximum atomic E-state index is 11.7. The Bertz CT molecular complexity index is 891. The van der Waals surface area contributed by atoms with Crippen LogP contribution in [0, 0.1) is 10.1 Å². The highest BCUT2D eigenvalue weighted by atomic mass is 16.6. The summed E-state index contributed by atoms with van der Waals surface area (Å²) in [5.74, 6) is 0. The van der Waals surface area contributed by atoms with Gasteiger partial charge in [0.15, 0.2) is 0 Å². The number of nitrogens with zero attached hydrogens (tertiary/aromatic N) is 2. The number of hydrogen-bond acceptors (Lipinski definition) is 5. The van der Waals surface area contributed by atoms with E-state index in [0.29, 0.717) is 29.7 Å². The van der Waals surface area contributed by atoms with Crippen molar-refractivity contribution in [3.63, 3.8) is 0 Å². The fourth-order valence-corrected chi connectivity index (χ4v) is 3.49. The van der Waals surface area contributed by atoms with Crippen LogP contribution in [0.25, 0.3) is 11.0 Å². The maximum absolute atomic E-state index is 11.7. The number of fused-ring (bicyclic) bond motifs is 1. The van der Waals surface area contributed by atoms with E-state index in [9.17, 15) is 19.7 Å². The molecular formula is C16H20N4O4. The lowest BCUT2D eigenvalue weighted by Gasteiger charge is -2.39.